The number of ether oxygens (including phenoxy) is 6. The van der Waals surface area contributed by atoms with E-state index in [0.717, 1.165) is 4.70 Å². The van der Waals surface area contributed by atoms with Gasteiger partial charge in [-0.3, -0.25) is 14.5 Å². The second-order valence-electron chi connectivity index (χ2n) is 11.2. The lowest BCUT2D eigenvalue weighted by atomic mass is 10.1. The molecule has 1 aliphatic rings. The lowest BCUT2D eigenvalue weighted by Gasteiger charge is -2.24. The molecule has 1 aliphatic heterocycles. The van der Waals surface area contributed by atoms with E-state index in [4.69, 9.17) is 40.0 Å². The molecule has 0 saturated heterocycles. The van der Waals surface area contributed by atoms with Crippen LogP contribution in [-0.4, -0.2) is 62.4 Å². The van der Waals surface area contributed by atoms with Crippen LogP contribution >= 0.6 is 22.9 Å². The molecule has 2 aromatic carbocycles. The number of halogens is 2. The smallest absolute Gasteiger partial charge is 0.410 e. The molecule has 0 unspecified atom stereocenters. The number of carbonyl (C=O) groups excluding carboxylic acids is 3. The molecular weight excluding hydrogens is 629 g/mol. The number of benzene rings is 2. The summed E-state index contributed by atoms with van der Waals surface area (Å²) in [5.41, 5.74) is 0.309. The first kappa shape index (κ1) is 34.1. The van der Waals surface area contributed by atoms with Crippen LogP contribution in [0.25, 0.3) is 10.1 Å². The van der Waals surface area contributed by atoms with E-state index in [1.165, 1.54) is 30.5 Å². The van der Waals surface area contributed by atoms with E-state index in [2.05, 4.69) is 0 Å². The van der Waals surface area contributed by atoms with Gasteiger partial charge in [-0.15, -0.1) is 11.3 Å². The molecule has 10 nitrogen and oxygen atoms in total. The Morgan fingerprint density at radius 3 is 2.29 bits per heavy atom. The number of Topliss-reactive ketones (excluding diaryl/α,β-unsaturated/α-hetero) is 1. The van der Waals surface area contributed by atoms with E-state index < -0.39 is 23.5 Å². The summed E-state index contributed by atoms with van der Waals surface area (Å²) in [7, 11) is 2.91. The number of carbonyl (C=O) groups is 3. The maximum absolute atomic E-state index is 15.6. The molecular formula is C32H37ClFNO9S. The largest absolute Gasteiger partial charge is 0.493 e. The third-order valence-electron chi connectivity index (χ3n) is 6.78. The van der Waals surface area contributed by atoms with Crippen LogP contribution in [0.4, 0.5) is 9.18 Å². The topological polar surface area (TPSA) is 110 Å². The summed E-state index contributed by atoms with van der Waals surface area (Å²) in [4.78, 5) is 38.8. The van der Waals surface area contributed by atoms with Crippen molar-refractivity contribution in [1.29, 1.82) is 0 Å². The summed E-state index contributed by atoms with van der Waals surface area (Å²) in [6.45, 7) is 7.81. The predicted octanol–water partition coefficient (Wildman–Crippen LogP) is 7.34. The Kier molecular flexibility index (Phi) is 11.0. The van der Waals surface area contributed by atoms with E-state index in [-0.39, 0.29) is 68.1 Å². The molecule has 0 spiro atoms. The molecule has 0 saturated carbocycles. The zero-order valence-corrected chi connectivity index (χ0v) is 27.7. The van der Waals surface area contributed by atoms with E-state index in [0.29, 0.717) is 39.3 Å². The molecule has 1 aromatic heterocycles. The summed E-state index contributed by atoms with van der Waals surface area (Å²) in [6.07, 6.45) is -0.132. The van der Waals surface area contributed by atoms with Gasteiger partial charge in [-0.25, -0.2) is 9.18 Å². The van der Waals surface area contributed by atoms with Gasteiger partial charge in [-0.1, -0.05) is 11.6 Å². The highest BCUT2D eigenvalue weighted by Crippen LogP contribution is 2.44. The number of hydrogen-bond acceptors (Lipinski definition) is 10. The molecule has 3 aromatic rings. The fourth-order valence-corrected chi connectivity index (χ4v) is 6.13. The summed E-state index contributed by atoms with van der Waals surface area (Å²) in [5, 5.41) is 0.908. The summed E-state index contributed by atoms with van der Waals surface area (Å²) in [5.74, 6) is -0.327. The Morgan fingerprint density at radius 1 is 0.978 bits per heavy atom. The highest BCUT2D eigenvalue weighted by Gasteiger charge is 2.32. The van der Waals surface area contributed by atoms with Crippen LogP contribution in [0.2, 0.25) is 5.02 Å². The van der Waals surface area contributed by atoms with E-state index in [1.54, 1.807) is 45.9 Å². The van der Waals surface area contributed by atoms with Gasteiger partial charge in [0.2, 0.25) is 0 Å². The van der Waals surface area contributed by atoms with Gasteiger partial charge in [-0.05, 0) is 45.4 Å². The average Bonchev–Trinajstić information content (AvgIpc) is 3.62. The van der Waals surface area contributed by atoms with Crippen molar-refractivity contribution in [3.8, 4) is 23.0 Å². The Bertz CT molecular complexity index is 1580. The lowest BCUT2D eigenvalue weighted by molar-refractivity contribution is -0.143. The van der Waals surface area contributed by atoms with Crippen LogP contribution in [0.15, 0.2) is 18.2 Å². The van der Waals surface area contributed by atoms with Crippen LogP contribution < -0.4 is 18.9 Å². The Hall–Kier alpha value is -3.77. The van der Waals surface area contributed by atoms with Gasteiger partial charge in [0.05, 0.1) is 56.9 Å². The number of hydrogen-bond donors (Lipinski definition) is 0. The molecule has 0 radical (unpaired) electrons. The number of amides is 1. The van der Waals surface area contributed by atoms with Gasteiger partial charge in [0.1, 0.15) is 5.60 Å². The minimum Gasteiger partial charge on any atom is -0.493 e. The Morgan fingerprint density at radius 2 is 1.64 bits per heavy atom. The monoisotopic (exact) mass is 665 g/mol. The molecule has 0 atom stereocenters. The van der Waals surface area contributed by atoms with Crippen molar-refractivity contribution in [2.75, 3.05) is 34.0 Å². The van der Waals surface area contributed by atoms with Gasteiger partial charge < -0.3 is 28.4 Å². The first-order chi connectivity index (χ1) is 21.4. The molecule has 0 aliphatic carbocycles. The third-order valence-corrected chi connectivity index (χ3v) is 8.28. The summed E-state index contributed by atoms with van der Waals surface area (Å²) < 4.78 is 49.3. The Labute approximate surface area is 270 Å². The minimum atomic E-state index is -0.670. The van der Waals surface area contributed by atoms with Crippen LogP contribution in [0.5, 0.6) is 23.0 Å². The van der Waals surface area contributed by atoms with Crippen molar-refractivity contribution in [3.05, 3.63) is 45.0 Å². The van der Waals surface area contributed by atoms with Crippen molar-refractivity contribution in [2.24, 2.45) is 0 Å². The molecule has 2 heterocycles. The van der Waals surface area contributed by atoms with Crippen LogP contribution in [0.3, 0.4) is 0 Å². The summed E-state index contributed by atoms with van der Waals surface area (Å²) >= 11 is 7.94. The minimum absolute atomic E-state index is 0.000160. The second-order valence-corrected chi connectivity index (χ2v) is 12.7. The maximum atomic E-state index is 15.6. The summed E-state index contributed by atoms with van der Waals surface area (Å²) in [6, 6.07) is 5.09. The molecule has 0 bridgehead atoms. The van der Waals surface area contributed by atoms with Crippen molar-refractivity contribution in [2.45, 2.75) is 65.6 Å². The normalized spacial score (nSPS) is 12.6. The number of thiophene rings is 1. The predicted molar refractivity (Wildman–Crippen MR) is 168 cm³/mol. The first-order valence-electron chi connectivity index (χ1n) is 14.5. The van der Waals surface area contributed by atoms with Gasteiger partial charge >= 0.3 is 12.1 Å². The highest BCUT2D eigenvalue weighted by atomic mass is 35.5. The van der Waals surface area contributed by atoms with Crippen molar-refractivity contribution in [1.82, 2.24) is 4.90 Å². The first-order valence-corrected chi connectivity index (χ1v) is 15.7. The molecule has 4 rings (SSSR count). The maximum Gasteiger partial charge on any atom is 0.410 e. The third kappa shape index (κ3) is 8.09. The molecule has 13 heteroatoms. The number of esters is 1. The van der Waals surface area contributed by atoms with E-state index in [9.17, 15) is 14.4 Å². The van der Waals surface area contributed by atoms with E-state index >= 15 is 4.39 Å². The van der Waals surface area contributed by atoms with Crippen molar-refractivity contribution < 1.29 is 47.2 Å². The number of methoxy groups -OCH3 is 2. The standard InChI is InChI=1S/C32H37ClFNO9S/c1-7-41-26(37)10-9-21(36)25-14-19-24(45-25)15-23(40-6)29(27(19)33)42-11-8-12-43-30-22(39-5)13-18-16-35(17-20(18)28(30)34)31(38)44-32(2,3)4/h13-15H,7-12,16-17H2,1-6H3. The van der Waals surface area contributed by atoms with Crippen molar-refractivity contribution in [3.63, 3.8) is 0 Å². The van der Waals surface area contributed by atoms with Gasteiger partial charge in [0.15, 0.2) is 34.6 Å². The SMILES string of the molecule is CCOC(=O)CCC(=O)c1cc2c(Cl)c(OCCCOc3c(OC)cc4c(c3F)CN(C(=O)OC(C)(C)C)C4)c(OC)cc2s1. The highest BCUT2D eigenvalue weighted by molar-refractivity contribution is 7.21. The van der Waals surface area contributed by atoms with E-state index in [1.807, 2.05) is 0 Å². The van der Waals surface area contributed by atoms with Crippen molar-refractivity contribution >= 4 is 50.9 Å². The fraction of sp³-hybridized carbons (Fsp3) is 0.469. The van der Waals surface area contributed by atoms with Gasteiger partial charge in [0, 0.05) is 41.1 Å². The van der Waals surface area contributed by atoms with Gasteiger partial charge in [0.25, 0.3) is 0 Å². The Balaban J connectivity index is 1.39. The van der Waals surface area contributed by atoms with Crippen LogP contribution in [-0.2, 0) is 27.4 Å². The number of rotatable bonds is 13. The van der Waals surface area contributed by atoms with Crippen LogP contribution in [0, 0.1) is 5.82 Å². The van der Waals surface area contributed by atoms with Gasteiger partial charge in [-0.2, -0.15) is 0 Å². The lowest BCUT2D eigenvalue weighted by Crippen LogP contribution is -2.33. The molecule has 45 heavy (non-hydrogen) atoms. The fourth-order valence-electron chi connectivity index (χ4n) is 4.71. The van der Waals surface area contributed by atoms with Crippen LogP contribution in [0.1, 0.15) is 67.8 Å². The second kappa shape index (κ2) is 14.6. The molecule has 244 valence electrons. The molecule has 0 fully saturated rings. The number of fused-ring (bicyclic) bond motifs is 2. The molecule has 1 amide bonds. The quantitative estimate of drug-likeness (QED) is 0.105. The molecule has 0 N–H and O–H groups in total. The number of ketones is 1. The zero-order valence-electron chi connectivity index (χ0n) is 26.2. The average molecular weight is 666 g/mol. The zero-order chi connectivity index (χ0) is 32.9. The number of nitrogens with zero attached hydrogens (tertiary/aromatic N) is 1.